The number of hydrogen-bond acceptors (Lipinski definition) is 3. The van der Waals surface area contributed by atoms with Crippen molar-refractivity contribution in [1.82, 2.24) is 14.8 Å². The van der Waals surface area contributed by atoms with Crippen molar-refractivity contribution in [1.29, 1.82) is 0 Å². The maximum absolute atomic E-state index is 4.32. The van der Waals surface area contributed by atoms with Crippen LogP contribution >= 0.6 is 11.3 Å². The van der Waals surface area contributed by atoms with Crippen LogP contribution in [0.25, 0.3) is 0 Å². The largest absolute Gasteiger partial charge is 0.314 e. The SMILES string of the molecule is CC(C)(c1cccs1)c1nncn1C1CC1. The van der Waals surface area contributed by atoms with Crippen LogP contribution in [-0.2, 0) is 5.41 Å². The summed E-state index contributed by atoms with van der Waals surface area (Å²) in [5.74, 6) is 1.09. The summed E-state index contributed by atoms with van der Waals surface area (Å²) >= 11 is 1.79. The second-order valence-electron chi connectivity index (χ2n) is 4.90. The second kappa shape index (κ2) is 3.42. The van der Waals surface area contributed by atoms with Gasteiger partial charge in [-0.1, -0.05) is 6.07 Å². The smallest absolute Gasteiger partial charge is 0.144 e. The molecule has 0 aliphatic heterocycles. The molecule has 1 saturated carbocycles. The van der Waals surface area contributed by atoms with Crippen molar-refractivity contribution in [2.45, 2.75) is 38.1 Å². The lowest BCUT2D eigenvalue weighted by Gasteiger charge is -2.22. The predicted molar refractivity (Wildman–Crippen MR) is 64.7 cm³/mol. The molecule has 3 nitrogen and oxygen atoms in total. The van der Waals surface area contributed by atoms with Crippen molar-refractivity contribution in [2.24, 2.45) is 0 Å². The molecule has 0 saturated heterocycles. The monoisotopic (exact) mass is 233 g/mol. The van der Waals surface area contributed by atoms with Gasteiger partial charge in [0.15, 0.2) is 0 Å². The van der Waals surface area contributed by atoms with E-state index in [9.17, 15) is 0 Å². The van der Waals surface area contributed by atoms with Crippen molar-refractivity contribution >= 4 is 11.3 Å². The molecule has 3 rings (SSSR count). The first kappa shape index (κ1) is 10.0. The minimum absolute atomic E-state index is 0.0345. The third-order valence-corrected chi connectivity index (χ3v) is 4.40. The molecule has 1 aliphatic carbocycles. The summed E-state index contributed by atoms with van der Waals surface area (Å²) in [6.45, 7) is 4.45. The minimum atomic E-state index is -0.0345. The van der Waals surface area contributed by atoms with E-state index in [2.05, 4.69) is 46.1 Å². The number of rotatable bonds is 3. The molecule has 2 heterocycles. The van der Waals surface area contributed by atoms with Gasteiger partial charge in [-0.3, -0.25) is 0 Å². The number of hydrogen-bond donors (Lipinski definition) is 0. The molecule has 84 valence electrons. The fourth-order valence-electron chi connectivity index (χ4n) is 2.05. The summed E-state index contributed by atoms with van der Waals surface area (Å²) in [4.78, 5) is 1.35. The lowest BCUT2D eigenvalue weighted by atomic mass is 9.90. The molecule has 2 aromatic rings. The topological polar surface area (TPSA) is 30.7 Å². The fraction of sp³-hybridized carbons (Fsp3) is 0.500. The summed E-state index contributed by atoms with van der Waals surface area (Å²) in [5.41, 5.74) is -0.0345. The van der Waals surface area contributed by atoms with E-state index < -0.39 is 0 Å². The lowest BCUT2D eigenvalue weighted by molar-refractivity contribution is 0.543. The Labute approximate surface area is 99.1 Å². The quantitative estimate of drug-likeness (QED) is 0.816. The Bertz CT molecular complexity index is 480. The molecule has 1 fully saturated rings. The summed E-state index contributed by atoms with van der Waals surface area (Å²) in [5, 5.41) is 10.5. The van der Waals surface area contributed by atoms with E-state index in [1.54, 1.807) is 11.3 Å². The molecule has 0 N–H and O–H groups in total. The summed E-state index contributed by atoms with van der Waals surface area (Å²) < 4.78 is 2.25. The normalized spacial score (nSPS) is 16.6. The maximum atomic E-state index is 4.32. The van der Waals surface area contributed by atoms with Gasteiger partial charge in [0.2, 0.25) is 0 Å². The molecule has 0 unspecified atom stereocenters. The number of nitrogens with zero attached hydrogens (tertiary/aromatic N) is 3. The Kier molecular flexibility index (Phi) is 2.14. The van der Waals surface area contributed by atoms with Crippen LogP contribution in [-0.4, -0.2) is 14.8 Å². The van der Waals surface area contributed by atoms with Gasteiger partial charge in [-0.25, -0.2) is 0 Å². The molecule has 2 aromatic heterocycles. The molecule has 0 aromatic carbocycles. The molecule has 0 bridgehead atoms. The Balaban J connectivity index is 2.04. The number of aromatic nitrogens is 3. The highest BCUT2D eigenvalue weighted by molar-refractivity contribution is 7.10. The van der Waals surface area contributed by atoms with E-state index in [1.165, 1.54) is 17.7 Å². The molecule has 1 aliphatic rings. The molecule has 0 amide bonds. The van der Waals surface area contributed by atoms with Gasteiger partial charge in [-0.15, -0.1) is 21.5 Å². The van der Waals surface area contributed by atoms with Gasteiger partial charge >= 0.3 is 0 Å². The summed E-state index contributed by atoms with van der Waals surface area (Å²) in [7, 11) is 0. The predicted octanol–water partition coefficient (Wildman–Crippen LogP) is 3.00. The van der Waals surface area contributed by atoms with Gasteiger partial charge in [-0.2, -0.15) is 0 Å². The minimum Gasteiger partial charge on any atom is -0.314 e. The van der Waals surface area contributed by atoms with E-state index in [4.69, 9.17) is 0 Å². The van der Waals surface area contributed by atoms with Crippen molar-refractivity contribution in [2.75, 3.05) is 0 Å². The van der Waals surface area contributed by atoms with E-state index in [0.29, 0.717) is 6.04 Å². The highest BCUT2D eigenvalue weighted by Gasteiger charge is 2.34. The van der Waals surface area contributed by atoms with Gasteiger partial charge in [0.1, 0.15) is 12.2 Å². The third kappa shape index (κ3) is 1.48. The van der Waals surface area contributed by atoms with Crippen molar-refractivity contribution < 1.29 is 0 Å². The molecule has 0 atom stereocenters. The molecular formula is C12H15N3S. The fourth-order valence-corrected chi connectivity index (χ4v) is 2.90. The van der Waals surface area contributed by atoms with Crippen LogP contribution in [0.5, 0.6) is 0 Å². The zero-order valence-electron chi connectivity index (χ0n) is 9.55. The molecule has 0 radical (unpaired) electrons. The maximum Gasteiger partial charge on any atom is 0.144 e. The highest BCUT2D eigenvalue weighted by Crippen LogP contribution is 2.40. The third-order valence-electron chi connectivity index (χ3n) is 3.21. The summed E-state index contributed by atoms with van der Waals surface area (Å²) in [6, 6.07) is 4.92. The molecule has 4 heteroatoms. The molecular weight excluding hydrogens is 218 g/mol. The van der Waals surface area contributed by atoms with Gasteiger partial charge < -0.3 is 4.57 Å². The molecule has 0 spiro atoms. The lowest BCUT2D eigenvalue weighted by Crippen LogP contribution is -2.23. The standard InChI is InChI=1S/C12H15N3S/c1-12(2,10-4-3-7-16-10)11-14-13-8-15(11)9-5-6-9/h3-4,7-9H,5-6H2,1-2H3. The van der Waals surface area contributed by atoms with Crippen LogP contribution in [0, 0.1) is 0 Å². The Hall–Kier alpha value is -1.16. The average molecular weight is 233 g/mol. The van der Waals surface area contributed by atoms with Gasteiger partial charge in [0.05, 0.1) is 5.41 Å². The second-order valence-corrected chi connectivity index (χ2v) is 5.84. The Morgan fingerprint density at radius 3 is 2.88 bits per heavy atom. The van der Waals surface area contributed by atoms with E-state index in [1.807, 2.05) is 6.33 Å². The first-order valence-corrected chi connectivity index (χ1v) is 6.51. The van der Waals surface area contributed by atoms with Crippen LogP contribution in [0.4, 0.5) is 0 Å². The molecule has 16 heavy (non-hydrogen) atoms. The average Bonchev–Trinajstić information content (AvgIpc) is 2.83. The first-order valence-electron chi connectivity index (χ1n) is 5.63. The zero-order chi connectivity index (χ0) is 11.2. The van der Waals surface area contributed by atoms with Crippen LogP contribution in [0.3, 0.4) is 0 Å². The first-order chi connectivity index (χ1) is 7.69. The van der Waals surface area contributed by atoms with Gasteiger partial charge in [-0.05, 0) is 38.1 Å². The zero-order valence-corrected chi connectivity index (χ0v) is 10.4. The van der Waals surface area contributed by atoms with Crippen molar-refractivity contribution in [3.8, 4) is 0 Å². The Morgan fingerprint density at radius 2 is 2.25 bits per heavy atom. The van der Waals surface area contributed by atoms with Gasteiger partial charge in [0.25, 0.3) is 0 Å². The highest BCUT2D eigenvalue weighted by atomic mass is 32.1. The number of thiophene rings is 1. The van der Waals surface area contributed by atoms with Crippen molar-refractivity contribution in [3.05, 3.63) is 34.5 Å². The van der Waals surface area contributed by atoms with Crippen LogP contribution in [0.15, 0.2) is 23.8 Å². The van der Waals surface area contributed by atoms with Crippen LogP contribution in [0.2, 0.25) is 0 Å². The van der Waals surface area contributed by atoms with E-state index >= 15 is 0 Å². The van der Waals surface area contributed by atoms with E-state index in [-0.39, 0.29) is 5.41 Å². The van der Waals surface area contributed by atoms with E-state index in [0.717, 1.165) is 5.82 Å². The Morgan fingerprint density at radius 1 is 1.44 bits per heavy atom. The van der Waals surface area contributed by atoms with Crippen LogP contribution in [0.1, 0.15) is 43.4 Å². The van der Waals surface area contributed by atoms with Gasteiger partial charge in [0, 0.05) is 10.9 Å². The summed E-state index contributed by atoms with van der Waals surface area (Å²) in [6.07, 6.45) is 4.42. The van der Waals surface area contributed by atoms with Crippen LogP contribution < -0.4 is 0 Å². The van der Waals surface area contributed by atoms with Crippen molar-refractivity contribution in [3.63, 3.8) is 0 Å².